The Bertz CT molecular complexity index is 1220. The highest BCUT2D eigenvalue weighted by Gasteiger charge is 2.38. The summed E-state index contributed by atoms with van der Waals surface area (Å²) < 4.78 is 7.03. The van der Waals surface area contributed by atoms with Crippen LogP contribution in [0.15, 0.2) is 66.1 Å². The third-order valence-electron chi connectivity index (χ3n) is 5.41. The van der Waals surface area contributed by atoms with Crippen molar-refractivity contribution in [1.82, 2.24) is 14.8 Å². The minimum Gasteiger partial charge on any atom is -0.463 e. The number of esters is 1. The van der Waals surface area contributed by atoms with Crippen molar-refractivity contribution in [1.29, 1.82) is 0 Å². The van der Waals surface area contributed by atoms with Crippen molar-refractivity contribution >= 4 is 35.1 Å². The zero-order chi connectivity index (χ0) is 23.5. The molecule has 8 nitrogen and oxygen atoms in total. The largest absolute Gasteiger partial charge is 0.463 e. The van der Waals surface area contributed by atoms with Crippen LogP contribution in [0, 0.1) is 6.92 Å². The molecular weight excluding hydrogens is 442 g/mol. The van der Waals surface area contributed by atoms with Crippen LogP contribution < -0.4 is 10.2 Å². The van der Waals surface area contributed by atoms with Gasteiger partial charge < -0.3 is 15.0 Å². The lowest BCUT2D eigenvalue weighted by molar-refractivity contribution is -0.139. The predicted molar refractivity (Wildman–Crippen MR) is 126 cm³/mol. The number of aromatic nitrogens is 3. The molecule has 170 valence electrons. The summed E-state index contributed by atoms with van der Waals surface area (Å²) in [5, 5.41) is 7.74. The molecule has 0 aliphatic carbocycles. The number of allylic oxidation sites excluding steroid dienone is 1. The Morgan fingerprint density at radius 3 is 2.61 bits per heavy atom. The molecule has 3 aromatic rings. The number of nitrogens with zero attached hydrogens (tertiary/aromatic N) is 4. The first-order chi connectivity index (χ1) is 15.9. The maximum atomic E-state index is 13.1. The van der Waals surface area contributed by atoms with Crippen LogP contribution in [-0.2, 0) is 14.3 Å². The van der Waals surface area contributed by atoms with E-state index in [0.29, 0.717) is 27.9 Å². The summed E-state index contributed by atoms with van der Waals surface area (Å²) in [4.78, 5) is 32.0. The Kier molecular flexibility index (Phi) is 6.46. The van der Waals surface area contributed by atoms with Gasteiger partial charge in [0.05, 0.1) is 12.2 Å². The molecule has 0 fully saturated rings. The third kappa shape index (κ3) is 4.61. The van der Waals surface area contributed by atoms with Gasteiger partial charge >= 0.3 is 5.97 Å². The minimum atomic E-state index is -0.519. The summed E-state index contributed by atoms with van der Waals surface area (Å²) in [5.41, 5.74) is 3.55. The molecule has 0 radical (unpaired) electrons. The molecule has 0 saturated carbocycles. The summed E-state index contributed by atoms with van der Waals surface area (Å²) in [7, 11) is 0. The van der Waals surface area contributed by atoms with Crippen molar-refractivity contribution in [2.75, 3.05) is 23.4 Å². The fourth-order valence-electron chi connectivity index (χ4n) is 3.86. The quantitative estimate of drug-likeness (QED) is 0.551. The number of hydrogen-bond acceptors (Lipinski definition) is 6. The third-order valence-corrected chi connectivity index (χ3v) is 5.64. The summed E-state index contributed by atoms with van der Waals surface area (Å²) in [6.45, 7) is 5.71. The van der Waals surface area contributed by atoms with Crippen molar-refractivity contribution in [2.24, 2.45) is 0 Å². The molecule has 1 aromatic heterocycles. The van der Waals surface area contributed by atoms with E-state index in [1.807, 2.05) is 31.2 Å². The molecule has 0 saturated heterocycles. The predicted octanol–water partition coefficient (Wildman–Crippen LogP) is 4.13. The molecule has 4 rings (SSSR count). The van der Waals surface area contributed by atoms with Gasteiger partial charge in [0.2, 0.25) is 11.9 Å². The maximum Gasteiger partial charge on any atom is 0.338 e. The van der Waals surface area contributed by atoms with E-state index in [9.17, 15) is 9.59 Å². The lowest BCUT2D eigenvalue weighted by Gasteiger charge is -2.35. The Labute approximate surface area is 196 Å². The van der Waals surface area contributed by atoms with E-state index in [2.05, 4.69) is 15.4 Å². The highest BCUT2D eigenvalue weighted by molar-refractivity contribution is 6.30. The normalized spacial score (nSPS) is 15.3. The molecule has 0 bridgehead atoms. The van der Waals surface area contributed by atoms with Gasteiger partial charge in [-0.2, -0.15) is 10.1 Å². The number of rotatable bonds is 6. The van der Waals surface area contributed by atoms with Crippen LogP contribution in [0.5, 0.6) is 0 Å². The van der Waals surface area contributed by atoms with E-state index in [1.165, 1.54) is 6.33 Å². The summed E-state index contributed by atoms with van der Waals surface area (Å²) in [5.74, 6) is -0.280. The fourth-order valence-corrected chi connectivity index (χ4v) is 4.05. The number of amides is 1. The van der Waals surface area contributed by atoms with Crippen molar-refractivity contribution in [3.05, 3.63) is 82.3 Å². The number of anilines is 2. The number of ether oxygens (including phenoxy) is 1. The van der Waals surface area contributed by atoms with Gasteiger partial charge in [-0.3, -0.25) is 4.79 Å². The highest BCUT2D eigenvalue weighted by atomic mass is 35.5. The molecule has 2 heterocycles. The maximum absolute atomic E-state index is 13.1. The highest BCUT2D eigenvalue weighted by Crippen LogP contribution is 2.38. The SMILES string of the molecule is CCOC(=O)C1=C(C)N(CC(=O)Nc2cccc(Cl)c2)c2ncnn2[C@@H]1c1ccc(C)cc1. The summed E-state index contributed by atoms with van der Waals surface area (Å²) in [6, 6.07) is 14.3. The van der Waals surface area contributed by atoms with Gasteiger partial charge in [-0.1, -0.05) is 47.5 Å². The van der Waals surface area contributed by atoms with Crippen LogP contribution in [0.1, 0.15) is 31.0 Å². The second kappa shape index (κ2) is 9.46. The molecule has 33 heavy (non-hydrogen) atoms. The van der Waals surface area contributed by atoms with E-state index in [1.54, 1.807) is 47.7 Å². The molecule has 1 N–H and O–H groups in total. The molecule has 0 unspecified atom stereocenters. The molecule has 1 atom stereocenters. The number of hydrogen-bond donors (Lipinski definition) is 1. The van der Waals surface area contributed by atoms with Crippen LogP contribution >= 0.6 is 11.6 Å². The number of nitrogens with one attached hydrogen (secondary N) is 1. The first-order valence-electron chi connectivity index (χ1n) is 10.6. The zero-order valence-corrected chi connectivity index (χ0v) is 19.3. The van der Waals surface area contributed by atoms with Crippen LogP contribution in [0.25, 0.3) is 0 Å². The smallest absolute Gasteiger partial charge is 0.338 e. The van der Waals surface area contributed by atoms with Gasteiger partial charge in [-0.05, 0) is 44.5 Å². The topological polar surface area (TPSA) is 89.3 Å². The van der Waals surface area contributed by atoms with E-state index in [-0.39, 0.29) is 19.1 Å². The molecule has 0 spiro atoms. The second-order valence-corrected chi connectivity index (χ2v) is 8.12. The van der Waals surface area contributed by atoms with Crippen LogP contribution in [0.3, 0.4) is 0 Å². The molecule has 1 amide bonds. The first-order valence-corrected chi connectivity index (χ1v) is 10.9. The lowest BCUT2D eigenvalue weighted by Crippen LogP contribution is -2.40. The molecule has 2 aromatic carbocycles. The standard InChI is InChI=1S/C24H24ClN5O3/c1-4-33-23(32)21-16(3)29(13-20(31)28-19-7-5-6-18(25)12-19)24-26-14-27-30(24)22(21)17-10-8-15(2)9-11-17/h5-12,14,22H,4,13H2,1-3H3,(H,28,31)/t22-/m1/s1. The number of fused-ring (bicyclic) bond motifs is 1. The molecule has 1 aliphatic rings. The Balaban J connectivity index is 1.73. The van der Waals surface area contributed by atoms with E-state index in [0.717, 1.165) is 11.1 Å². The van der Waals surface area contributed by atoms with Crippen LogP contribution in [-0.4, -0.2) is 39.8 Å². The Hall–Kier alpha value is -3.65. The first kappa shape index (κ1) is 22.5. The number of carbonyl (C=O) groups is 2. The number of halogens is 1. The van der Waals surface area contributed by atoms with Crippen LogP contribution in [0.2, 0.25) is 5.02 Å². The number of aryl methyl sites for hydroxylation is 1. The molecule has 9 heteroatoms. The fraction of sp³-hybridized carbons (Fsp3) is 0.250. The number of carbonyl (C=O) groups excluding carboxylic acids is 2. The summed E-state index contributed by atoms with van der Waals surface area (Å²) in [6.07, 6.45) is 1.42. The Morgan fingerprint density at radius 1 is 1.15 bits per heavy atom. The van der Waals surface area contributed by atoms with Crippen molar-refractivity contribution in [2.45, 2.75) is 26.8 Å². The summed E-state index contributed by atoms with van der Waals surface area (Å²) >= 11 is 6.02. The second-order valence-electron chi connectivity index (χ2n) is 7.68. The van der Waals surface area contributed by atoms with E-state index >= 15 is 0 Å². The van der Waals surface area contributed by atoms with Gasteiger partial charge in [-0.15, -0.1) is 0 Å². The van der Waals surface area contributed by atoms with Crippen molar-refractivity contribution in [3.63, 3.8) is 0 Å². The van der Waals surface area contributed by atoms with Gasteiger partial charge in [0.1, 0.15) is 18.9 Å². The van der Waals surface area contributed by atoms with E-state index in [4.69, 9.17) is 16.3 Å². The molecule has 1 aliphatic heterocycles. The van der Waals surface area contributed by atoms with Gasteiger partial charge in [0.25, 0.3) is 0 Å². The van der Waals surface area contributed by atoms with Gasteiger partial charge in [0, 0.05) is 16.4 Å². The minimum absolute atomic E-state index is 0.0689. The van der Waals surface area contributed by atoms with Crippen LogP contribution in [0.4, 0.5) is 11.6 Å². The zero-order valence-electron chi connectivity index (χ0n) is 18.6. The van der Waals surface area contributed by atoms with Crippen molar-refractivity contribution in [3.8, 4) is 0 Å². The number of benzene rings is 2. The van der Waals surface area contributed by atoms with Crippen molar-refractivity contribution < 1.29 is 14.3 Å². The molecular formula is C24H24ClN5O3. The average Bonchev–Trinajstić information content (AvgIpc) is 3.25. The average molecular weight is 466 g/mol. The van der Waals surface area contributed by atoms with Gasteiger partial charge in [0.15, 0.2) is 0 Å². The monoisotopic (exact) mass is 465 g/mol. The van der Waals surface area contributed by atoms with Gasteiger partial charge in [-0.25, -0.2) is 9.48 Å². The van der Waals surface area contributed by atoms with E-state index < -0.39 is 12.0 Å². The lowest BCUT2D eigenvalue weighted by atomic mass is 9.94. The Morgan fingerprint density at radius 2 is 1.91 bits per heavy atom.